The monoisotopic (exact) mass is 371 g/mol. The maximum atomic E-state index is 13.3. The number of aromatic nitrogens is 2. The van der Waals surface area contributed by atoms with E-state index in [-0.39, 0.29) is 24.0 Å². The van der Waals surface area contributed by atoms with Gasteiger partial charge in [-0.3, -0.25) is 4.79 Å². The van der Waals surface area contributed by atoms with E-state index in [0.29, 0.717) is 0 Å². The molecule has 1 amide bonds. The van der Waals surface area contributed by atoms with Gasteiger partial charge in [0.25, 0.3) is 0 Å². The number of hydrogen-bond acceptors (Lipinski definition) is 4. The summed E-state index contributed by atoms with van der Waals surface area (Å²) in [6.45, 7) is -0.643. The Kier molecular flexibility index (Phi) is 4.61. The predicted molar refractivity (Wildman–Crippen MR) is 83.3 cm³/mol. The number of ether oxygens (including phenoxy) is 1. The molecule has 0 spiro atoms. The van der Waals surface area contributed by atoms with Crippen molar-refractivity contribution in [1.82, 2.24) is 14.5 Å². The second-order valence-corrected chi connectivity index (χ2v) is 6.00. The summed E-state index contributed by atoms with van der Waals surface area (Å²) in [6, 6.07) is 4.81. The van der Waals surface area contributed by atoms with Gasteiger partial charge < -0.3 is 19.3 Å². The summed E-state index contributed by atoms with van der Waals surface area (Å²) >= 11 is 0. The van der Waals surface area contributed by atoms with Crippen LogP contribution in [0.1, 0.15) is 12.2 Å². The van der Waals surface area contributed by atoms with Crippen LogP contribution in [0.15, 0.2) is 24.3 Å². The Labute approximate surface area is 146 Å². The molecule has 2 heterocycles. The third-order valence-corrected chi connectivity index (χ3v) is 4.40. The van der Waals surface area contributed by atoms with Crippen LogP contribution >= 0.6 is 0 Å². The Morgan fingerprint density at radius 3 is 2.65 bits per heavy atom. The number of carboxylic acid groups (broad SMARTS) is 1. The van der Waals surface area contributed by atoms with Crippen LogP contribution in [-0.4, -0.2) is 57.2 Å². The van der Waals surface area contributed by atoms with Gasteiger partial charge in [0.15, 0.2) is 0 Å². The van der Waals surface area contributed by atoms with Crippen LogP contribution in [0.25, 0.3) is 11.0 Å². The van der Waals surface area contributed by atoms with Gasteiger partial charge in [0.05, 0.1) is 17.1 Å². The van der Waals surface area contributed by atoms with Gasteiger partial charge in [-0.25, -0.2) is 9.78 Å². The van der Waals surface area contributed by atoms with Crippen LogP contribution in [0, 0.1) is 0 Å². The highest BCUT2D eigenvalue weighted by Crippen LogP contribution is 2.32. The first-order chi connectivity index (χ1) is 12.2. The fourth-order valence-corrected chi connectivity index (χ4v) is 3.16. The number of methoxy groups -OCH3 is 1. The third kappa shape index (κ3) is 3.24. The first-order valence-corrected chi connectivity index (χ1v) is 7.80. The Morgan fingerprint density at radius 2 is 2.04 bits per heavy atom. The van der Waals surface area contributed by atoms with Gasteiger partial charge in [-0.05, 0) is 12.1 Å². The Hall–Kier alpha value is -2.62. The molecule has 10 heteroatoms. The number of hydrogen-bond donors (Lipinski definition) is 1. The molecule has 3 rings (SSSR count). The topological polar surface area (TPSA) is 84.7 Å². The summed E-state index contributed by atoms with van der Waals surface area (Å²) in [5, 5.41) is 9.28. The van der Waals surface area contributed by atoms with Gasteiger partial charge in [-0.2, -0.15) is 13.2 Å². The summed E-state index contributed by atoms with van der Waals surface area (Å²) in [6.07, 6.45) is -5.12. The van der Waals surface area contributed by atoms with Crippen molar-refractivity contribution in [3.8, 4) is 0 Å². The fourth-order valence-electron chi connectivity index (χ4n) is 3.16. The highest BCUT2D eigenvalue weighted by Gasteiger charge is 2.42. The molecule has 2 atom stereocenters. The Bertz CT molecular complexity index is 849. The number of para-hydroxylation sites is 2. The first kappa shape index (κ1) is 18.2. The minimum absolute atomic E-state index is 0.0142. The zero-order valence-electron chi connectivity index (χ0n) is 13.7. The highest BCUT2D eigenvalue weighted by molar-refractivity contribution is 5.86. The van der Waals surface area contributed by atoms with Crippen molar-refractivity contribution in [2.24, 2.45) is 0 Å². The lowest BCUT2D eigenvalue weighted by atomic mass is 10.2. The number of alkyl halides is 3. The molecule has 7 nitrogen and oxygen atoms in total. The van der Waals surface area contributed by atoms with E-state index >= 15 is 0 Å². The number of benzene rings is 1. The molecule has 1 aliphatic rings. The largest absolute Gasteiger partial charge is 0.480 e. The van der Waals surface area contributed by atoms with Gasteiger partial charge in [0.2, 0.25) is 11.7 Å². The fraction of sp³-hybridized carbons (Fsp3) is 0.438. The molecule has 0 aliphatic carbocycles. The molecular formula is C16H16F3N3O4. The molecule has 1 aliphatic heterocycles. The van der Waals surface area contributed by atoms with Crippen molar-refractivity contribution in [2.75, 3.05) is 13.7 Å². The number of fused-ring (bicyclic) bond motifs is 1. The van der Waals surface area contributed by atoms with Gasteiger partial charge in [0, 0.05) is 20.1 Å². The lowest BCUT2D eigenvalue weighted by Gasteiger charge is -2.22. The summed E-state index contributed by atoms with van der Waals surface area (Å²) in [5.74, 6) is -3.14. The first-order valence-electron chi connectivity index (χ1n) is 7.80. The highest BCUT2D eigenvalue weighted by atomic mass is 19.4. The van der Waals surface area contributed by atoms with Crippen LogP contribution in [-0.2, 0) is 27.0 Å². The van der Waals surface area contributed by atoms with E-state index in [0.717, 1.165) is 9.47 Å². The number of halogens is 3. The number of aliphatic carboxylic acids is 1. The summed E-state index contributed by atoms with van der Waals surface area (Å²) in [4.78, 5) is 28.6. The maximum absolute atomic E-state index is 13.3. The van der Waals surface area contributed by atoms with Crippen LogP contribution < -0.4 is 0 Å². The average molecular weight is 371 g/mol. The number of carbonyl (C=O) groups is 2. The summed E-state index contributed by atoms with van der Waals surface area (Å²) < 4.78 is 45.8. The number of amides is 1. The lowest BCUT2D eigenvalue weighted by Crippen LogP contribution is -2.42. The molecule has 0 saturated carbocycles. The number of carboxylic acids is 1. The number of likely N-dealkylation sites (tertiary alicyclic amines) is 1. The molecule has 0 radical (unpaired) electrons. The van der Waals surface area contributed by atoms with Crippen LogP contribution in [0.5, 0.6) is 0 Å². The van der Waals surface area contributed by atoms with E-state index in [2.05, 4.69) is 4.98 Å². The van der Waals surface area contributed by atoms with Gasteiger partial charge in [-0.15, -0.1) is 0 Å². The number of imidazole rings is 1. The van der Waals surface area contributed by atoms with Crippen LogP contribution in [0.4, 0.5) is 13.2 Å². The molecule has 26 heavy (non-hydrogen) atoms. The number of rotatable bonds is 4. The molecular weight excluding hydrogens is 355 g/mol. The molecule has 140 valence electrons. The van der Waals surface area contributed by atoms with Crippen LogP contribution in [0.2, 0.25) is 0 Å². The summed E-state index contributed by atoms with van der Waals surface area (Å²) in [7, 11) is 1.39. The normalized spacial score (nSPS) is 20.7. The molecule has 1 fully saturated rings. The van der Waals surface area contributed by atoms with E-state index in [9.17, 15) is 27.9 Å². The van der Waals surface area contributed by atoms with Crippen molar-refractivity contribution < 1.29 is 32.6 Å². The second-order valence-electron chi connectivity index (χ2n) is 6.00. The molecule has 1 saturated heterocycles. The molecule has 0 bridgehead atoms. The lowest BCUT2D eigenvalue weighted by molar-refractivity contribution is -0.151. The average Bonchev–Trinajstić information content (AvgIpc) is 3.16. The van der Waals surface area contributed by atoms with Crippen molar-refractivity contribution in [2.45, 2.75) is 31.3 Å². The van der Waals surface area contributed by atoms with Gasteiger partial charge >= 0.3 is 12.1 Å². The van der Waals surface area contributed by atoms with E-state index in [1.165, 1.54) is 19.2 Å². The van der Waals surface area contributed by atoms with Crippen molar-refractivity contribution >= 4 is 22.9 Å². The van der Waals surface area contributed by atoms with E-state index in [4.69, 9.17) is 4.74 Å². The van der Waals surface area contributed by atoms with Gasteiger partial charge in [0.1, 0.15) is 12.6 Å². The zero-order chi connectivity index (χ0) is 19.1. The molecule has 1 aromatic heterocycles. The minimum Gasteiger partial charge on any atom is -0.480 e. The zero-order valence-corrected chi connectivity index (χ0v) is 13.7. The second kappa shape index (κ2) is 6.60. The quantitative estimate of drug-likeness (QED) is 0.885. The van der Waals surface area contributed by atoms with Gasteiger partial charge in [-0.1, -0.05) is 12.1 Å². The van der Waals surface area contributed by atoms with Crippen molar-refractivity contribution in [3.63, 3.8) is 0 Å². The molecule has 1 aromatic carbocycles. The smallest absolute Gasteiger partial charge is 0.449 e. The van der Waals surface area contributed by atoms with E-state index in [1.807, 2.05) is 0 Å². The summed E-state index contributed by atoms with van der Waals surface area (Å²) in [5.41, 5.74) is 0.265. The SMILES string of the molecule is COC1CC(C(=O)O)N(C(=O)Cn2c(C(F)(F)F)nc3ccccc32)C1. The van der Waals surface area contributed by atoms with Crippen molar-refractivity contribution in [3.05, 3.63) is 30.1 Å². The Morgan fingerprint density at radius 1 is 1.35 bits per heavy atom. The van der Waals surface area contributed by atoms with E-state index in [1.54, 1.807) is 12.1 Å². The predicted octanol–water partition coefficient (Wildman–Crippen LogP) is 1.76. The molecule has 1 N–H and O–H groups in total. The Balaban J connectivity index is 1.95. The van der Waals surface area contributed by atoms with E-state index < -0.39 is 42.6 Å². The number of nitrogens with zero attached hydrogens (tertiary/aromatic N) is 3. The molecule has 2 unspecified atom stereocenters. The number of carbonyl (C=O) groups excluding carboxylic acids is 1. The third-order valence-electron chi connectivity index (χ3n) is 4.40. The standard InChI is InChI=1S/C16H16F3N3O4/c1-26-9-6-12(14(24)25)21(7-9)13(23)8-22-11-5-3-2-4-10(11)20-15(22)16(17,18)19/h2-5,9,12H,6-8H2,1H3,(H,24,25). The minimum atomic E-state index is -4.74. The molecule has 2 aromatic rings. The van der Waals surface area contributed by atoms with Crippen LogP contribution in [0.3, 0.4) is 0 Å². The maximum Gasteiger partial charge on any atom is 0.449 e. The van der Waals surface area contributed by atoms with Crippen molar-refractivity contribution in [1.29, 1.82) is 0 Å².